The summed E-state index contributed by atoms with van der Waals surface area (Å²) in [6.07, 6.45) is 5.50. The normalized spacial score (nSPS) is 12.0. The molecule has 21 heavy (non-hydrogen) atoms. The van der Waals surface area contributed by atoms with Crippen molar-refractivity contribution in [2.45, 2.75) is 52.0 Å². The molecule has 0 saturated carbocycles. The lowest BCUT2D eigenvalue weighted by atomic mass is 10.1. The van der Waals surface area contributed by atoms with Gasteiger partial charge in [-0.15, -0.1) is 0 Å². The van der Waals surface area contributed by atoms with Crippen LogP contribution < -0.4 is 5.32 Å². The highest BCUT2D eigenvalue weighted by atomic mass is 35.5. The Morgan fingerprint density at radius 3 is 2.71 bits per heavy atom. The number of rotatable bonds is 8. The molecule has 0 fully saturated rings. The Bertz CT molecular complexity index is 506. The molecule has 116 valence electrons. The zero-order chi connectivity index (χ0) is 15.8. The van der Waals surface area contributed by atoms with Crippen LogP contribution in [0.15, 0.2) is 18.2 Å². The molecule has 1 unspecified atom stereocenters. The number of hydrogen-bond acceptors (Lipinski definition) is 3. The first-order valence-electron chi connectivity index (χ1n) is 7.20. The fraction of sp³-hybridized carbons (Fsp3) is 0.533. The molecule has 0 aliphatic heterocycles. The topological polar surface area (TPSA) is 72.2 Å². The monoisotopic (exact) mass is 312 g/mol. The molecule has 1 N–H and O–H groups in total. The van der Waals surface area contributed by atoms with Gasteiger partial charge in [0.15, 0.2) is 0 Å². The van der Waals surface area contributed by atoms with Gasteiger partial charge in [0.2, 0.25) is 0 Å². The number of benzene rings is 1. The molecule has 0 aromatic heterocycles. The third-order valence-electron chi connectivity index (χ3n) is 3.27. The van der Waals surface area contributed by atoms with Crippen LogP contribution in [0.3, 0.4) is 0 Å². The molecule has 5 nitrogen and oxygen atoms in total. The summed E-state index contributed by atoms with van der Waals surface area (Å²) in [4.78, 5) is 22.3. The molecule has 0 bridgehead atoms. The van der Waals surface area contributed by atoms with E-state index in [0.29, 0.717) is 0 Å². The van der Waals surface area contributed by atoms with Crippen molar-refractivity contribution in [1.82, 2.24) is 5.32 Å². The second-order valence-corrected chi connectivity index (χ2v) is 5.55. The maximum absolute atomic E-state index is 12.1. The van der Waals surface area contributed by atoms with E-state index in [9.17, 15) is 14.9 Å². The van der Waals surface area contributed by atoms with Crippen molar-refractivity contribution < 1.29 is 9.72 Å². The predicted octanol–water partition coefficient (Wildman–Crippen LogP) is 4.34. The van der Waals surface area contributed by atoms with Crippen molar-refractivity contribution in [3.63, 3.8) is 0 Å². The standard InChI is InChI=1S/C15H21ClN2O3/c1-3-4-5-6-7-11(2)17-15(19)12-8-9-13(16)14(10-12)18(20)21/h8-11H,3-7H2,1-2H3,(H,17,19). The SMILES string of the molecule is CCCCCCC(C)NC(=O)c1ccc(Cl)c([N+](=O)[O-])c1. The molecule has 0 spiro atoms. The van der Waals surface area contributed by atoms with E-state index in [1.54, 1.807) is 0 Å². The molecule has 1 aromatic rings. The number of hydrogen-bond donors (Lipinski definition) is 1. The molecular weight excluding hydrogens is 292 g/mol. The van der Waals surface area contributed by atoms with Gasteiger partial charge in [0.1, 0.15) is 5.02 Å². The maximum Gasteiger partial charge on any atom is 0.288 e. The van der Waals surface area contributed by atoms with Crippen molar-refractivity contribution in [3.8, 4) is 0 Å². The van der Waals surface area contributed by atoms with Gasteiger partial charge in [0.05, 0.1) is 4.92 Å². The Labute approximate surface area is 129 Å². The van der Waals surface area contributed by atoms with Gasteiger partial charge in [-0.25, -0.2) is 0 Å². The summed E-state index contributed by atoms with van der Waals surface area (Å²) in [7, 11) is 0. The van der Waals surface area contributed by atoms with Gasteiger partial charge < -0.3 is 5.32 Å². The van der Waals surface area contributed by atoms with E-state index < -0.39 is 4.92 Å². The summed E-state index contributed by atoms with van der Waals surface area (Å²) in [5.74, 6) is -0.308. The molecule has 1 atom stereocenters. The average molecular weight is 313 g/mol. The minimum atomic E-state index is -0.590. The van der Waals surface area contributed by atoms with E-state index in [0.717, 1.165) is 19.3 Å². The lowest BCUT2D eigenvalue weighted by Gasteiger charge is -2.13. The van der Waals surface area contributed by atoms with Crippen molar-refractivity contribution in [2.24, 2.45) is 0 Å². The van der Waals surface area contributed by atoms with Crippen LogP contribution in [0.25, 0.3) is 0 Å². The summed E-state index contributed by atoms with van der Waals surface area (Å²) in [6, 6.07) is 4.13. The van der Waals surface area contributed by atoms with E-state index in [1.807, 2.05) is 6.92 Å². The summed E-state index contributed by atoms with van der Waals surface area (Å²) in [6.45, 7) is 4.09. The Morgan fingerprint density at radius 1 is 1.38 bits per heavy atom. The number of unbranched alkanes of at least 4 members (excludes halogenated alkanes) is 3. The van der Waals surface area contributed by atoms with E-state index in [-0.39, 0.29) is 28.2 Å². The number of carbonyl (C=O) groups is 1. The fourth-order valence-corrected chi connectivity index (χ4v) is 2.24. The lowest BCUT2D eigenvalue weighted by Crippen LogP contribution is -2.32. The number of halogens is 1. The quantitative estimate of drug-likeness (QED) is 0.441. The Balaban J connectivity index is 2.59. The zero-order valence-electron chi connectivity index (χ0n) is 12.4. The van der Waals surface area contributed by atoms with Crippen LogP contribution in [0.1, 0.15) is 56.3 Å². The highest BCUT2D eigenvalue weighted by Crippen LogP contribution is 2.25. The summed E-state index contributed by atoms with van der Waals surface area (Å²) in [5, 5.41) is 13.7. The lowest BCUT2D eigenvalue weighted by molar-refractivity contribution is -0.384. The summed E-state index contributed by atoms with van der Waals surface area (Å²) < 4.78 is 0. The second kappa shape index (κ2) is 8.62. The predicted molar refractivity (Wildman–Crippen MR) is 83.8 cm³/mol. The van der Waals surface area contributed by atoms with E-state index in [1.165, 1.54) is 31.0 Å². The molecule has 1 aromatic carbocycles. The molecule has 0 radical (unpaired) electrons. The van der Waals surface area contributed by atoms with Gasteiger partial charge in [-0.2, -0.15) is 0 Å². The molecule has 0 aliphatic carbocycles. The van der Waals surface area contributed by atoms with Crippen molar-refractivity contribution in [1.29, 1.82) is 0 Å². The van der Waals surface area contributed by atoms with Gasteiger partial charge in [0, 0.05) is 17.7 Å². The maximum atomic E-state index is 12.1. The Kier molecular flexibility index (Phi) is 7.15. The van der Waals surface area contributed by atoms with Crippen molar-refractivity contribution in [2.75, 3.05) is 0 Å². The summed E-state index contributed by atoms with van der Waals surface area (Å²) >= 11 is 5.73. The van der Waals surface area contributed by atoms with E-state index in [2.05, 4.69) is 12.2 Å². The fourth-order valence-electron chi connectivity index (χ4n) is 2.05. The number of nitro groups is 1. The van der Waals surface area contributed by atoms with Crippen LogP contribution >= 0.6 is 11.6 Å². The number of nitro benzene ring substituents is 1. The van der Waals surface area contributed by atoms with Gasteiger partial charge in [-0.1, -0.05) is 44.2 Å². The first kappa shape index (κ1) is 17.4. The highest BCUT2D eigenvalue weighted by Gasteiger charge is 2.17. The van der Waals surface area contributed by atoms with E-state index in [4.69, 9.17) is 11.6 Å². The third kappa shape index (κ3) is 5.71. The van der Waals surface area contributed by atoms with Crippen LogP contribution in [0, 0.1) is 10.1 Å². The molecule has 0 aliphatic rings. The largest absolute Gasteiger partial charge is 0.350 e. The smallest absolute Gasteiger partial charge is 0.288 e. The molecule has 0 heterocycles. The minimum Gasteiger partial charge on any atom is -0.350 e. The second-order valence-electron chi connectivity index (χ2n) is 5.15. The Hall–Kier alpha value is -1.62. The molecule has 0 saturated heterocycles. The zero-order valence-corrected chi connectivity index (χ0v) is 13.2. The van der Waals surface area contributed by atoms with Gasteiger partial charge in [-0.05, 0) is 25.5 Å². The molecular formula is C15H21ClN2O3. The number of carbonyl (C=O) groups excluding carboxylic acids is 1. The van der Waals surface area contributed by atoms with Gasteiger partial charge >= 0.3 is 0 Å². The van der Waals surface area contributed by atoms with Crippen molar-refractivity contribution in [3.05, 3.63) is 38.9 Å². The van der Waals surface area contributed by atoms with E-state index >= 15 is 0 Å². The molecule has 1 amide bonds. The first-order chi connectivity index (χ1) is 9.95. The number of amides is 1. The number of nitrogens with zero attached hydrogens (tertiary/aromatic N) is 1. The molecule has 1 rings (SSSR count). The average Bonchev–Trinajstić information content (AvgIpc) is 2.43. The van der Waals surface area contributed by atoms with Crippen molar-refractivity contribution >= 4 is 23.2 Å². The number of nitrogens with one attached hydrogen (secondary N) is 1. The highest BCUT2D eigenvalue weighted by molar-refractivity contribution is 6.32. The first-order valence-corrected chi connectivity index (χ1v) is 7.58. The molecule has 6 heteroatoms. The summed E-state index contributed by atoms with van der Waals surface area (Å²) in [5.41, 5.74) is 0.00595. The van der Waals surface area contributed by atoms with Crippen LogP contribution in [0.2, 0.25) is 5.02 Å². The third-order valence-corrected chi connectivity index (χ3v) is 3.59. The van der Waals surface area contributed by atoms with Crippen LogP contribution in [0.4, 0.5) is 5.69 Å². The van der Waals surface area contributed by atoms with Crippen LogP contribution in [0.5, 0.6) is 0 Å². The van der Waals surface area contributed by atoms with Crippen LogP contribution in [-0.4, -0.2) is 16.9 Å². The Morgan fingerprint density at radius 2 is 2.10 bits per heavy atom. The van der Waals surface area contributed by atoms with Crippen LogP contribution in [-0.2, 0) is 0 Å². The van der Waals surface area contributed by atoms with Gasteiger partial charge in [-0.3, -0.25) is 14.9 Å². The minimum absolute atomic E-state index is 0.0316. The van der Waals surface area contributed by atoms with Gasteiger partial charge in [0.25, 0.3) is 11.6 Å².